The molecule has 0 aliphatic carbocycles. The zero-order valence-corrected chi connectivity index (χ0v) is 22.4. The van der Waals surface area contributed by atoms with Crippen LogP contribution in [-0.4, -0.2) is 84.8 Å². The highest BCUT2D eigenvalue weighted by Gasteiger charge is 2.46. The minimum Gasteiger partial charge on any atom is -0.507 e. The van der Waals surface area contributed by atoms with Gasteiger partial charge in [-0.05, 0) is 54.3 Å². The van der Waals surface area contributed by atoms with E-state index in [2.05, 4.69) is 18.7 Å². The molecule has 0 radical (unpaired) electrons. The smallest absolute Gasteiger partial charge is 0.295 e. The molecule has 2 aromatic rings. The van der Waals surface area contributed by atoms with Gasteiger partial charge < -0.3 is 29.3 Å². The van der Waals surface area contributed by atoms with Crippen LogP contribution in [0.4, 0.5) is 0 Å². The van der Waals surface area contributed by atoms with Gasteiger partial charge in [0.05, 0.1) is 38.5 Å². The van der Waals surface area contributed by atoms with Gasteiger partial charge >= 0.3 is 0 Å². The number of nitrogens with zero attached hydrogens (tertiary/aromatic N) is 2. The lowest BCUT2D eigenvalue weighted by molar-refractivity contribution is -0.140. The lowest BCUT2D eigenvalue weighted by atomic mass is 9.93. The quantitative estimate of drug-likeness (QED) is 0.292. The first-order valence-electron chi connectivity index (χ1n) is 12.9. The number of Topliss-reactive ketones (excluding diaryl/α,β-unsaturated/α-hetero) is 1. The Balaban J connectivity index is 1.75. The molecule has 2 N–H and O–H groups in total. The molecule has 9 heteroatoms. The van der Waals surface area contributed by atoms with Gasteiger partial charge in [0.1, 0.15) is 11.5 Å². The van der Waals surface area contributed by atoms with E-state index in [9.17, 15) is 19.8 Å². The van der Waals surface area contributed by atoms with Crippen LogP contribution < -0.4 is 9.47 Å². The number of carbonyl (C=O) groups is 2. The van der Waals surface area contributed by atoms with E-state index >= 15 is 0 Å². The number of morpholine rings is 1. The summed E-state index contributed by atoms with van der Waals surface area (Å²) in [7, 11) is 1.43. The van der Waals surface area contributed by atoms with Crippen molar-refractivity contribution in [2.24, 2.45) is 5.92 Å². The second kappa shape index (κ2) is 11.9. The molecule has 2 aliphatic heterocycles. The molecule has 2 aliphatic rings. The summed E-state index contributed by atoms with van der Waals surface area (Å²) in [6, 6.07) is 9.11. The molecule has 0 spiro atoms. The van der Waals surface area contributed by atoms with Crippen molar-refractivity contribution >= 4 is 17.4 Å². The highest BCUT2D eigenvalue weighted by molar-refractivity contribution is 6.46. The fourth-order valence-corrected chi connectivity index (χ4v) is 4.80. The van der Waals surface area contributed by atoms with Gasteiger partial charge in [0.2, 0.25) is 0 Å². The number of hydrogen-bond donors (Lipinski definition) is 2. The molecule has 2 aromatic carbocycles. The topological polar surface area (TPSA) is 109 Å². The fraction of sp³-hybridized carbons (Fsp3) is 0.448. The molecule has 1 unspecified atom stereocenters. The molecule has 204 valence electrons. The number of ketones is 1. The lowest BCUT2D eigenvalue weighted by Crippen LogP contribution is -2.42. The average Bonchev–Trinajstić information content (AvgIpc) is 3.16. The van der Waals surface area contributed by atoms with Crippen LogP contribution in [0.1, 0.15) is 36.6 Å². The maximum Gasteiger partial charge on any atom is 0.295 e. The van der Waals surface area contributed by atoms with Crippen molar-refractivity contribution in [3.63, 3.8) is 0 Å². The molecular weight excluding hydrogens is 488 g/mol. The molecule has 2 saturated heterocycles. The molecule has 2 fully saturated rings. The summed E-state index contributed by atoms with van der Waals surface area (Å²) in [6.07, 6.45) is 0. The summed E-state index contributed by atoms with van der Waals surface area (Å²) in [5, 5.41) is 21.6. The van der Waals surface area contributed by atoms with Crippen LogP contribution in [0.15, 0.2) is 42.0 Å². The lowest BCUT2D eigenvalue weighted by Gasteiger charge is -2.31. The Bertz CT molecular complexity index is 1220. The van der Waals surface area contributed by atoms with Crippen LogP contribution in [0.5, 0.6) is 17.2 Å². The Morgan fingerprint density at radius 2 is 1.84 bits per heavy atom. The number of aliphatic hydroxyl groups excluding tert-OH is 1. The summed E-state index contributed by atoms with van der Waals surface area (Å²) >= 11 is 0. The van der Waals surface area contributed by atoms with E-state index in [1.165, 1.54) is 18.1 Å². The maximum atomic E-state index is 13.4. The number of hydrogen-bond acceptors (Lipinski definition) is 8. The highest BCUT2D eigenvalue weighted by atomic mass is 16.5. The summed E-state index contributed by atoms with van der Waals surface area (Å²) < 4.78 is 16.5. The summed E-state index contributed by atoms with van der Waals surface area (Å²) in [5.74, 6) is -0.495. The number of ether oxygens (including phenoxy) is 3. The summed E-state index contributed by atoms with van der Waals surface area (Å²) in [4.78, 5) is 30.4. The van der Waals surface area contributed by atoms with Gasteiger partial charge in [-0.1, -0.05) is 19.9 Å². The third-order valence-corrected chi connectivity index (χ3v) is 6.86. The van der Waals surface area contributed by atoms with Crippen LogP contribution in [0.3, 0.4) is 0 Å². The second-order valence-corrected chi connectivity index (χ2v) is 10.1. The molecule has 4 rings (SSSR count). The number of rotatable bonds is 9. The predicted molar refractivity (Wildman–Crippen MR) is 142 cm³/mol. The first kappa shape index (κ1) is 27.5. The minimum absolute atomic E-state index is 0.00340. The van der Waals surface area contributed by atoms with E-state index in [1.807, 2.05) is 13.0 Å². The van der Waals surface area contributed by atoms with Crippen LogP contribution in [0, 0.1) is 12.8 Å². The third-order valence-electron chi connectivity index (χ3n) is 6.86. The Hall–Kier alpha value is -3.56. The Kier molecular flexibility index (Phi) is 8.58. The average molecular weight is 525 g/mol. The molecular formula is C29H36N2O7. The fourth-order valence-electron chi connectivity index (χ4n) is 4.80. The SMILES string of the molecule is COc1cc(C2/C(=C(/O)c3ccc(OCC(C)C)cc3C)C(=O)C(=O)N2CCN2CCOCC2)ccc1O. The summed E-state index contributed by atoms with van der Waals surface area (Å²) in [6.45, 7) is 10.1. The highest BCUT2D eigenvalue weighted by Crippen LogP contribution is 2.42. The molecule has 0 bridgehead atoms. The van der Waals surface area contributed by atoms with Gasteiger partial charge in [-0.15, -0.1) is 0 Å². The Labute approximate surface area is 223 Å². The largest absolute Gasteiger partial charge is 0.507 e. The van der Waals surface area contributed by atoms with E-state index < -0.39 is 17.7 Å². The predicted octanol–water partition coefficient (Wildman–Crippen LogP) is 3.50. The first-order chi connectivity index (χ1) is 18.2. The number of phenolic OH excluding ortho intramolecular Hbond substituents is 1. The number of aromatic hydroxyl groups is 1. The van der Waals surface area contributed by atoms with Crippen molar-refractivity contribution in [2.45, 2.75) is 26.8 Å². The van der Waals surface area contributed by atoms with E-state index in [4.69, 9.17) is 14.2 Å². The molecule has 2 heterocycles. The molecule has 38 heavy (non-hydrogen) atoms. The van der Waals surface area contributed by atoms with Crippen molar-refractivity contribution in [1.82, 2.24) is 9.80 Å². The van der Waals surface area contributed by atoms with Crippen LogP contribution >= 0.6 is 0 Å². The number of amides is 1. The number of methoxy groups -OCH3 is 1. The minimum atomic E-state index is -0.846. The molecule has 1 atom stereocenters. The van der Waals surface area contributed by atoms with E-state index in [0.29, 0.717) is 54.7 Å². The molecule has 9 nitrogen and oxygen atoms in total. The number of aliphatic hydroxyl groups is 1. The van der Waals surface area contributed by atoms with Gasteiger partial charge in [0, 0.05) is 31.7 Å². The van der Waals surface area contributed by atoms with E-state index in [1.54, 1.807) is 24.3 Å². The standard InChI is InChI=1S/C29H36N2O7/c1-18(2)17-38-21-6-7-22(19(3)15-21)27(33)25-26(20-5-8-23(32)24(16-20)36-4)31(29(35)28(25)34)10-9-30-11-13-37-14-12-30/h5-8,15-16,18,26,32-33H,9-14,17H2,1-4H3/b27-25-. The number of benzene rings is 2. The van der Waals surface area contributed by atoms with Crippen LogP contribution in [0.25, 0.3) is 5.76 Å². The van der Waals surface area contributed by atoms with Gasteiger partial charge in [-0.3, -0.25) is 14.5 Å². The third kappa shape index (κ3) is 5.79. The molecule has 0 aromatic heterocycles. The van der Waals surface area contributed by atoms with Crippen molar-refractivity contribution in [1.29, 1.82) is 0 Å². The molecule has 0 saturated carbocycles. The van der Waals surface area contributed by atoms with Crippen molar-refractivity contribution in [2.75, 3.05) is 53.1 Å². The zero-order valence-electron chi connectivity index (χ0n) is 22.4. The van der Waals surface area contributed by atoms with Crippen LogP contribution in [0.2, 0.25) is 0 Å². The number of aryl methyl sites for hydroxylation is 1. The van der Waals surface area contributed by atoms with Gasteiger partial charge in [-0.2, -0.15) is 0 Å². The van der Waals surface area contributed by atoms with Crippen molar-refractivity contribution in [3.8, 4) is 17.2 Å². The van der Waals surface area contributed by atoms with Crippen molar-refractivity contribution < 1.29 is 34.0 Å². The Morgan fingerprint density at radius 3 is 2.50 bits per heavy atom. The van der Waals surface area contributed by atoms with E-state index in [0.717, 1.165) is 13.1 Å². The first-order valence-corrected chi connectivity index (χ1v) is 12.9. The normalized spacial score (nSPS) is 19.8. The maximum absolute atomic E-state index is 13.4. The van der Waals surface area contributed by atoms with E-state index in [-0.39, 0.29) is 29.4 Å². The number of likely N-dealkylation sites (tertiary alicyclic amines) is 1. The second-order valence-electron chi connectivity index (χ2n) is 10.1. The number of phenols is 1. The van der Waals surface area contributed by atoms with Gasteiger partial charge in [-0.25, -0.2) is 0 Å². The monoisotopic (exact) mass is 524 g/mol. The summed E-state index contributed by atoms with van der Waals surface area (Å²) in [5.41, 5.74) is 1.72. The molecule has 1 amide bonds. The Morgan fingerprint density at radius 1 is 1.11 bits per heavy atom. The zero-order chi connectivity index (χ0) is 27.4. The number of carbonyl (C=O) groups excluding carboxylic acids is 2. The van der Waals surface area contributed by atoms with Gasteiger partial charge in [0.25, 0.3) is 11.7 Å². The van der Waals surface area contributed by atoms with Crippen molar-refractivity contribution in [3.05, 3.63) is 58.7 Å². The van der Waals surface area contributed by atoms with Gasteiger partial charge in [0.15, 0.2) is 11.5 Å². The van der Waals surface area contributed by atoms with Crippen LogP contribution in [-0.2, 0) is 14.3 Å².